The van der Waals surface area contributed by atoms with Crippen molar-refractivity contribution >= 4 is 11.9 Å². The van der Waals surface area contributed by atoms with Gasteiger partial charge in [0.15, 0.2) is 5.41 Å². The van der Waals surface area contributed by atoms with Crippen molar-refractivity contribution in [3.05, 3.63) is 0 Å². The SMILES string of the molecule is CCCCCCCOC(=O)C(C)(C)C(=O)OCC. The minimum absolute atomic E-state index is 0.270. The highest BCUT2D eigenvalue weighted by molar-refractivity contribution is 5.99. The summed E-state index contributed by atoms with van der Waals surface area (Å²) in [5, 5.41) is 0. The molecular formula is C14H26O4. The van der Waals surface area contributed by atoms with Crippen LogP contribution < -0.4 is 0 Å². The molecule has 0 saturated carbocycles. The van der Waals surface area contributed by atoms with Crippen molar-refractivity contribution in [3.8, 4) is 0 Å². The molecule has 0 bridgehead atoms. The van der Waals surface area contributed by atoms with Gasteiger partial charge in [-0.25, -0.2) is 0 Å². The van der Waals surface area contributed by atoms with E-state index in [-0.39, 0.29) is 6.61 Å². The molecule has 0 aromatic carbocycles. The third-order valence-electron chi connectivity index (χ3n) is 2.78. The van der Waals surface area contributed by atoms with E-state index in [1.54, 1.807) is 6.92 Å². The van der Waals surface area contributed by atoms with Crippen LogP contribution in [0.5, 0.6) is 0 Å². The van der Waals surface area contributed by atoms with E-state index in [0.29, 0.717) is 6.61 Å². The highest BCUT2D eigenvalue weighted by atomic mass is 16.6. The van der Waals surface area contributed by atoms with Gasteiger partial charge in [0.25, 0.3) is 0 Å². The minimum atomic E-state index is -1.21. The maximum absolute atomic E-state index is 11.7. The Morgan fingerprint density at radius 3 is 2.00 bits per heavy atom. The number of carbonyl (C=O) groups is 2. The van der Waals surface area contributed by atoms with Crippen LogP contribution in [0.2, 0.25) is 0 Å². The summed E-state index contributed by atoms with van der Waals surface area (Å²) in [5.41, 5.74) is -1.21. The van der Waals surface area contributed by atoms with Gasteiger partial charge in [-0.3, -0.25) is 9.59 Å². The van der Waals surface area contributed by atoms with Crippen LogP contribution in [-0.4, -0.2) is 25.2 Å². The van der Waals surface area contributed by atoms with Crippen molar-refractivity contribution in [2.45, 2.75) is 59.8 Å². The molecule has 106 valence electrons. The Kier molecular flexibility index (Phi) is 8.42. The van der Waals surface area contributed by atoms with Gasteiger partial charge in [0.1, 0.15) is 0 Å². The van der Waals surface area contributed by atoms with Gasteiger partial charge in [-0.2, -0.15) is 0 Å². The van der Waals surface area contributed by atoms with Crippen LogP contribution in [-0.2, 0) is 19.1 Å². The van der Waals surface area contributed by atoms with Crippen molar-refractivity contribution in [2.24, 2.45) is 5.41 Å². The molecule has 0 spiro atoms. The first-order valence-electron chi connectivity index (χ1n) is 6.81. The van der Waals surface area contributed by atoms with Crippen LogP contribution in [0.15, 0.2) is 0 Å². The molecule has 0 N–H and O–H groups in total. The lowest BCUT2D eigenvalue weighted by Crippen LogP contribution is -2.36. The fourth-order valence-corrected chi connectivity index (χ4v) is 1.45. The Morgan fingerprint density at radius 1 is 0.889 bits per heavy atom. The Hall–Kier alpha value is -1.06. The monoisotopic (exact) mass is 258 g/mol. The average Bonchev–Trinajstić information content (AvgIpc) is 2.33. The van der Waals surface area contributed by atoms with Crippen LogP contribution in [0, 0.1) is 5.41 Å². The molecular weight excluding hydrogens is 232 g/mol. The maximum Gasteiger partial charge on any atom is 0.322 e. The Morgan fingerprint density at radius 2 is 1.44 bits per heavy atom. The van der Waals surface area contributed by atoms with E-state index in [4.69, 9.17) is 9.47 Å². The molecule has 0 amide bonds. The summed E-state index contributed by atoms with van der Waals surface area (Å²) in [7, 11) is 0. The maximum atomic E-state index is 11.7. The van der Waals surface area contributed by atoms with Gasteiger partial charge in [0.2, 0.25) is 0 Å². The normalized spacial score (nSPS) is 11.1. The summed E-state index contributed by atoms with van der Waals surface area (Å²) in [5.74, 6) is -1.03. The van der Waals surface area contributed by atoms with Crippen LogP contribution >= 0.6 is 0 Å². The number of carbonyl (C=O) groups excluding carboxylic acids is 2. The first-order chi connectivity index (χ1) is 8.46. The molecule has 0 aromatic heterocycles. The number of ether oxygens (including phenoxy) is 2. The van der Waals surface area contributed by atoms with E-state index in [2.05, 4.69) is 6.92 Å². The van der Waals surface area contributed by atoms with Crippen molar-refractivity contribution in [1.29, 1.82) is 0 Å². The topological polar surface area (TPSA) is 52.6 Å². The average molecular weight is 258 g/mol. The lowest BCUT2D eigenvalue weighted by atomic mass is 9.94. The van der Waals surface area contributed by atoms with Crippen molar-refractivity contribution in [1.82, 2.24) is 0 Å². The molecule has 4 nitrogen and oxygen atoms in total. The molecule has 0 aliphatic carbocycles. The summed E-state index contributed by atoms with van der Waals surface area (Å²) >= 11 is 0. The zero-order chi connectivity index (χ0) is 14.0. The molecule has 4 heteroatoms. The highest BCUT2D eigenvalue weighted by Gasteiger charge is 2.39. The van der Waals surface area contributed by atoms with Gasteiger partial charge in [-0.1, -0.05) is 32.6 Å². The molecule has 0 unspecified atom stereocenters. The van der Waals surface area contributed by atoms with Crippen LogP contribution in [0.3, 0.4) is 0 Å². The van der Waals surface area contributed by atoms with E-state index >= 15 is 0 Å². The molecule has 0 aliphatic rings. The van der Waals surface area contributed by atoms with Crippen molar-refractivity contribution < 1.29 is 19.1 Å². The molecule has 0 saturated heterocycles. The minimum Gasteiger partial charge on any atom is -0.465 e. The first-order valence-corrected chi connectivity index (χ1v) is 6.81. The van der Waals surface area contributed by atoms with Crippen molar-refractivity contribution in [2.75, 3.05) is 13.2 Å². The standard InChI is InChI=1S/C14H26O4/c1-5-7-8-9-10-11-18-13(16)14(3,4)12(15)17-6-2/h5-11H2,1-4H3. The molecule has 18 heavy (non-hydrogen) atoms. The molecule has 0 fully saturated rings. The van der Waals surface area contributed by atoms with E-state index in [0.717, 1.165) is 19.3 Å². The third-order valence-corrected chi connectivity index (χ3v) is 2.78. The predicted molar refractivity (Wildman–Crippen MR) is 70.1 cm³/mol. The predicted octanol–water partition coefficient (Wildman–Crippen LogP) is 3.09. The van der Waals surface area contributed by atoms with Gasteiger partial charge < -0.3 is 9.47 Å². The van der Waals surface area contributed by atoms with Gasteiger partial charge in [0, 0.05) is 0 Å². The first kappa shape index (κ1) is 16.9. The van der Waals surface area contributed by atoms with E-state index in [1.165, 1.54) is 26.7 Å². The molecule has 0 radical (unpaired) electrons. The molecule has 0 atom stereocenters. The Balaban J connectivity index is 3.89. The van der Waals surface area contributed by atoms with Gasteiger partial charge >= 0.3 is 11.9 Å². The van der Waals surface area contributed by atoms with Crippen LogP contribution in [0.1, 0.15) is 59.8 Å². The largest absolute Gasteiger partial charge is 0.465 e. The van der Waals surface area contributed by atoms with E-state index in [9.17, 15) is 9.59 Å². The van der Waals surface area contributed by atoms with Crippen molar-refractivity contribution in [3.63, 3.8) is 0 Å². The smallest absolute Gasteiger partial charge is 0.322 e. The van der Waals surface area contributed by atoms with Gasteiger partial charge in [-0.05, 0) is 27.2 Å². The molecule has 0 aliphatic heterocycles. The van der Waals surface area contributed by atoms with Gasteiger partial charge in [-0.15, -0.1) is 0 Å². The Labute approximate surface area is 110 Å². The second-order valence-electron chi connectivity index (χ2n) is 4.90. The lowest BCUT2D eigenvalue weighted by molar-refractivity contribution is -0.169. The second-order valence-corrected chi connectivity index (χ2v) is 4.90. The van der Waals surface area contributed by atoms with Crippen LogP contribution in [0.4, 0.5) is 0 Å². The van der Waals surface area contributed by atoms with Crippen LogP contribution in [0.25, 0.3) is 0 Å². The summed E-state index contributed by atoms with van der Waals surface area (Å²) < 4.78 is 9.96. The quantitative estimate of drug-likeness (QED) is 0.362. The molecule has 0 aromatic rings. The zero-order valence-corrected chi connectivity index (χ0v) is 12.1. The lowest BCUT2D eigenvalue weighted by Gasteiger charge is -2.20. The third kappa shape index (κ3) is 6.03. The summed E-state index contributed by atoms with van der Waals surface area (Å²) in [6, 6.07) is 0. The summed E-state index contributed by atoms with van der Waals surface area (Å²) in [4.78, 5) is 23.3. The van der Waals surface area contributed by atoms with E-state index in [1.807, 2.05) is 0 Å². The number of unbranched alkanes of at least 4 members (excludes halogenated alkanes) is 4. The molecule has 0 rings (SSSR count). The number of esters is 2. The highest BCUT2D eigenvalue weighted by Crippen LogP contribution is 2.19. The summed E-state index contributed by atoms with van der Waals surface area (Å²) in [6.45, 7) is 7.59. The number of rotatable bonds is 9. The molecule has 0 heterocycles. The fourth-order valence-electron chi connectivity index (χ4n) is 1.45. The van der Waals surface area contributed by atoms with Gasteiger partial charge in [0.05, 0.1) is 13.2 Å². The van der Waals surface area contributed by atoms with E-state index < -0.39 is 17.4 Å². The fraction of sp³-hybridized carbons (Fsp3) is 0.857. The number of hydrogen-bond acceptors (Lipinski definition) is 4. The summed E-state index contributed by atoms with van der Waals surface area (Å²) in [6.07, 6.45) is 5.47. The zero-order valence-electron chi connectivity index (χ0n) is 12.1. The number of hydrogen-bond donors (Lipinski definition) is 0. The second kappa shape index (κ2) is 8.95. The Bertz CT molecular complexity index is 259.